The summed E-state index contributed by atoms with van der Waals surface area (Å²) in [6.45, 7) is 0.251. The van der Waals surface area contributed by atoms with Gasteiger partial charge >= 0.3 is 0 Å². The zero-order chi connectivity index (χ0) is 14.7. The Morgan fingerprint density at radius 3 is 2.76 bits per heavy atom. The van der Waals surface area contributed by atoms with Gasteiger partial charge in [0, 0.05) is 17.0 Å². The first kappa shape index (κ1) is 13.3. The summed E-state index contributed by atoms with van der Waals surface area (Å²) in [6.07, 6.45) is 0. The summed E-state index contributed by atoms with van der Waals surface area (Å²) < 4.78 is 18.7. The Bertz CT molecular complexity index is 776. The first-order valence-electron chi connectivity index (χ1n) is 6.50. The molecule has 3 aromatic rings. The molecule has 5 heteroatoms. The number of para-hydroxylation sites is 1. The zero-order valence-corrected chi connectivity index (χ0v) is 11.2. The van der Waals surface area contributed by atoms with Crippen LogP contribution in [0.2, 0.25) is 0 Å². The molecule has 0 amide bonds. The molecule has 0 aliphatic heterocycles. The number of nitrogens with zero attached hydrogens (tertiary/aromatic N) is 1. The number of hydrazine groups is 1. The highest BCUT2D eigenvalue weighted by atomic mass is 19.1. The van der Waals surface area contributed by atoms with Gasteiger partial charge in [-0.3, -0.25) is 0 Å². The minimum Gasteiger partial charge on any atom is -0.489 e. The number of anilines is 1. The molecule has 3 rings (SSSR count). The quantitative estimate of drug-likeness (QED) is 0.570. The molecule has 0 radical (unpaired) electrons. The monoisotopic (exact) mass is 283 g/mol. The molecule has 0 unspecified atom stereocenters. The van der Waals surface area contributed by atoms with Crippen molar-refractivity contribution in [1.29, 1.82) is 0 Å². The SMILES string of the molecule is NNc1nc2ccccc2cc1COc1cccc(F)c1. The topological polar surface area (TPSA) is 60.2 Å². The molecule has 4 nitrogen and oxygen atoms in total. The molecule has 0 aliphatic carbocycles. The third-order valence-corrected chi connectivity index (χ3v) is 3.13. The minimum atomic E-state index is -0.332. The molecule has 1 aromatic heterocycles. The lowest BCUT2D eigenvalue weighted by Gasteiger charge is -2.11. The van der Waals surface area contributed by atoms with Crippen molar-refractivity contribution in [3.63, 3.8) is 0 Å². The molecule has 0 aliphatic rings. The molecule has 21 heavy (non-hydrogen) atoms. The van der Waals surface area contributed by atoms with Gasteiger partial charge in [-0.15, -0.1) is 0 Å². The van der Waals surface area contributed by atoms with E-state index in [4.69, 9.17) is 10.6 Å². The van der Waals surface area contributed by atoms with Gasteiger partial charge in [0.05, 0.1) is 5.52 Å². The fourth-order valence-corrected chi connectivity index (χ4v) is 2.11. The number of benzene rings is 2. The predicted octanol–water partition coefficient (Wildman–Crippen LogP) is 3.24. The van der Waals surface area contributed by atoms with E-state index in [1.807, 2.05) is 30.3 Å². The predicted molar refractivity (Wildman–Crippen MR) is 80.3 cm³/mol. The van der Waals surface area contributed by atoms with E-state index < -0.39 is 0 Å². The lowest BCUT2D eigenvalue weighted by atomic mass is 10.1. The van der Waals surface area contributed by atoms with Gasteiger partial charge < -0.3 is 10.2 Å². The van der Waals surface area contributed by atoms with E-state index in [9.17, 15) is 4.39 Å². The molecule has 0 fully saturated rings. The number of hydrogen-bond donors (Lipinski definition) is 2. The standard InChI is InChI=1S/C16H14FN3O/c17-13-5-3-6-14(9-13)21-10-12-8-11-4-1-2-7-15(11)19-16(12)20-18/h1-9H,10,18H2,(H,19,20). The third-order valence-electron chi connectivity index (χ3n) is 3.13. The largest absolute Gasteiger partial charge is 0.489 e. The van der Waals surface area contributed by atoms with Gasteiger partial charge in [-0.1, -0.05) is 24.3 Å². The van der Waals surface area contributed by atoms with E-state index in [-0.39, 0.29) is 12.4 Å². The maximum Gasteiger partial charge on any atom is 0.147 e. The summed E-state index contributed by atoms with van der Waals surface area (Å²) in [5.74, 6) is 6.18. The van der Waals surface area contributed by atoms with Crippen molar-refractivity contribution in [3.8, 4) is 5.75 Å². The Morgan fingerprint density at radius 1 is 1.10 bits per heavy atom. The average Bonchev–Trinajstić information content (AvgIpc) is 2.52. The van der Waals surface area contributed by atoms with Crippen LogP contribution in [0.25, 0.3) is 10.9 Å². The van der Waals surface area contributed by atoms with Crippen LogP contribution in [-0.4, -0.2) is 4.98 Å². The highest BCUT2D eigenvalue weighted by Gasteiger charge is 2.07. The maximum atomic E-state index is 13.1. The maximum absolute atomic E-state index is 13.1. The van der Waals surface area contributed by atoms with Crippen LogP contribution in [-0.2, 0) is 6.61 Å². The van der Waals surface area contributed by atoms with Crippen LogP contribution in [0.4, 0.5) is 10.2 Å². The first-order chi connectivity index (χ1) is 10.3. The van der Waals surface area contributed by atoms with Gasteiger partial charge in [-0.05, 0) is 24.3 Å². The second kappa shape index (κ2) is 5.76. The van der Waals surface area contributed by atoms with Crippen molar-refractivity contribution in [2.45, 2.75) is 6.61 Å². The Labute approximate surface area is 121 Å². The van der Waals surface area contributed by atoms with E-state index in [0.717, 1.165) is 16.5 Å². The van der Waals surface area contributed by atoms with Crippen LogP contribution in [0.3, 0.4) is 0 Å². The van der Waals surface area contributed by atoms with Gasteiger partial charge in [0.15, 0.2) is 0 Å². The number of rotatable bonds is 4. The molecule has 0 saturated heterocycles. The Morgan fingerprint density at radius 2 is 1.95 bits per heavy atom. The van der Waals surface area contributed by atoms with Crippen molar-refractivity contribution < 1.29 is 9.13 Å². The smallest absolute Gasteiger partial charge is 0.147 e. The molecule has 3 N–H and O–H groups in total. The number of aromatic nitrogens is 1. The molecular formula is C16H14FN3O. The van der Waals surface area contributed by atoms with Crippen LogP contribution in [0.1, 0.15) is 5.56 Å². The molecular weight excluding hydrogens is 269 g/mol. The van der Waals surface area contributed by atoms with E-state index in [1.54, 1.807) is 12.1 Å². The van der Waals surface area contributed by atoms with Crippen LogP contribution in [0.15, 0.2) is 54.6 Å². The number of hydrogen-bond acceptors (Lipinski definition) is 4. The van der Waals surface area contributed by atoms with Gasteiger partial charge in [0.25, 0.3) is 0 Å². The minimum absolute atomic E-state index is 0.251. The molecule has 1 heterocycles. The summed E-state index contributed by atoms with van der Waals surface area (Å²) in [5, 5.41) is 0.995. The normalized spacial score (nSPS) is 10.6. The van der Waals surface area contributed by atoms with E-state index in [1.165, 1.54) is 12.1 Å². The first-order valence-corrected chi connectivity index (χ1v) is 6.50. The van der Waals surface area contributed by atoms with Crippen LogP contribution in [0, 0.1) is 5.82 Å². The molecule has 0 atom stereocenters. The summed E-state index contributed by atoms with van der Waals surface area (Å²) in [6, 6.07) is 15.7. The summed E-state index contributed by atoms with van der Waals surface area (Å²) in [4.78, 5) is 4.43. The van der Waals surface area contributed by atoms with Crippen molar-refractivity contribution in [1.82, 2.24) is 4.98 Å². The lowest BCUT2D eigenvalue weighted by Crippen LogP contribution is -2.12. The number of pyridine rings is 1. The van der Waals surface area contributed by atoms with Crippen molar-refractivity contribution in [2.24, 2.45) is 5.84 Å². The number of nitrogens with one attached hydrogen (secondary N) is 1. The van der Waals surface area contributed by atoms with Crippen LogP contribution >= 0.6 is 0 Å². The second-order valence-corrected chi connectivity index (χ2v) is 4.58. The van der Waals surface area contributed by atoms with Crippen LogP contribution in [0.5, 0.6) is 5.75 Å². The van der Waals surface area contributed by atoms with Crippen molar-refractivity contribution in [2.75, 3.05) is 5.43 Å². The number of halogens is 1. The van der Waals surface area contributed by atoms with E-state index in [0.29, 0.717) is 11.6 Å². The molecule has 106 valence electrons. The Kier molecular flexibility index (Phi) is 3.66. The van der Waals surface area contributed by atoms with E-state index in [2.05, 4.69) is 10.4 Å². The molecule has 0 bridgehead atoms. The number of nitrogens with two attached hydrogens (primary N) is 1. The lowest BCUT2D eigenvalue weighted by molar-refractivity contribution is 0.305. The van der Waals surface area contributed by atoms with Gasteiger partial charge in [0.2, 0.25) is 0 Å². The summed E-state index contributed by atoms with van der Waals surface area (Å²) in [5.41, 5.74) is 4.22. The number of fused-ring (bicyclic) bond motifs is 1. The fourth-order valence-electron chi connectivity index (χ4n) is 2.11. The summed E-state index contributed by atoms with van der Waals surface area (Å²) in [7, 11) is 0. The Balaban J connectivity index is 1.88. The molecule has 0 spiro atoms. The molecule has 2 aromatic carbocycles. The Hall–Kier alpha value is -2.66. The highest BCUT2D eigenvalue weighted by molar-refractivity contribution is 5.81. The third kappa shape index (κ3) is 2.93. The van der Waals surface area contributed by atoms with Crippen LogP contribution < -0.4 is 16.0 Å². The number of ether oxygens (including phenoxy) is 1. The van der Waals surface area contributed by atoms with Gasteiger partial charge in [-0.25, -0.2) is 15.2 Å². The van der Waals surface area contributed by atoms with Crippen molar-refractivity contribution >= 4 is 16.7 Å². The van der Waals surface area contributed by atoms with Gasteiger partial charge in [-0.2, -0.15) is 0 Å². The zero-order valence-electron chi connectivity index (χ0n) is 11.2. The highest BCUT2D eigenvalue weighted by Crippen LogP contribution is 2.22. The van der Waals surface area contributed by atoms with E-state index >= 15 is 0 Å². The fraction of sp³-hybridized carbons (Fsp3) is 0.0625. The average molecular weight is 283 g/mol. The molecule has 0 saturated carbocycles. The summed E-state index contributed by atoms with van der Waals surface area (Å²) >= 11 is 0. The second-order valence-electron chi connectivity index (χ2n) is 4.58. The van der Waals surface area contributed by atoms with Crippen molar-refractivity contribution in [3.05, 3.63) is 66.0 Å². The van der Waals surface area contributed by atoms with Gasteiger partial charge in [0.1, 0.15) is 24.0 Å². The number of nitrogen functional groups attached to an aromatic ring is 1.